The third-order valence-corrected chi connectivity index (χ3v) is 8.47. The van der Waals surface area contributed by atoms with Gasteiger partial charge in [0.1, 0.15) is 11.6 Å². The van der Waals surface area contributed by atoms with Crippen LogP contribution in [-0.4, -0.2) is 56.7 Å². The van der Waals surface area contributed by atoms with Crippen molar-refractivity contribution in [2.24, 2.45) is 0 Å². The highest BCUT2D eigenvalue weighted by Crippen LogP contribution is 2.37. The van der Waals surface area contributed by atoms with Gasteiger partial charge in [0, 0.05) is 26.1 Å². The van der Waals surface area contributed by atoms with Crippen molar-refractivity contribution in [1.29, 1.82) is 0 Å². The molecule has 3 fully saturated rings. The van der Waals surface area contributed by atoms with E-state index < -0.39 is 17.6 Å². The summed E-state index contributed by atoms with van der Waals surface area (Å²) in [5, 5.41) is 13.8. The number of rotatable bonds is 5. The van der Waals surface area contributed by atoms with Gasteiger partial charge in [-0.2, -0.15) is 0 Å². The van der Waals surface area contributed by atoms with E-state index in [0.717, 1.165) is 25.6 Å². The predicted molar refractivity (Wildman–Crippen MR) is 132 cm³/mol. The van der Waals surface area contributed by atoms with E-state index in [1.807, 2.05) is 0 Å². The van der Waals surface area contributed by atoms with E-state index in [4.69, 9.17) is 4.98 Å². The lowest BCUT2D eigenvalue weighted by Gasteiger charge is -2.38. The van der Waals surface area contributed by atoms with E-state index in [-0.39, 0.29) is 24.8 Å². The first kappa shape index (κ1) is 23.3. The minimum Gasteiger partial charge on any atom is -0.383 e. The Bertz CT molecular complexity index is 1220. The van der Waals surface area contributed by atoms with Crippen molar-refractivity contribution in [2.75, 3.05) is 13.1 Å². The number of nitrogens with one attached hydrogen (secondary N) is 1. The summed E-state index contributed by atoms with van der Waals surface area (Å²) >= 11 is 0. The number of likely N-dealkylation sites (tertiary alicyclic amines) is 1. The average Bonchev–Trinajstić information content (AvgIpc) is 3.15. The molecule has 2 saturated heterocycles. The summed E-state index contributed by atoms with van der Waals surface area (Å²) in [6.07, 6.45) is 5.61. The normalized spacial score (nSPS) is 24.4. The Morgan fingerprint density at radius 3 is 2.58 bits per heavy atom. The van der Waals surface area contributed by atoms with Crippen LogP contribution in [-0.2, 0) is 28.3 Å². The molecular weight excluding hydrogens is 456 g/mol. The Kier molecular flexibility index (Phi) is 5.88. The zero-order valence-corrected chi connectivity index (χ0v) is 20.4. The predicted octanol–water partition coefficient (Wildman–Crippen LogP) is 2.59. The molecule has 8 nitrogen and oxygen atoms in total. The van der Waals surface area contributed by atoms with Crippen LogP contribution in [0.25, 0.3) is 0 Å². The molecule has 4 heterocycles. The van der Waals surface area contributed by atoms with E-state index in [1.54, 1.807) is 12.1 Å². The second-order valence-electron chi connectivity index (χ2n) is 10.8. The Balaban J connectivity index is 1.11. The van der Waals surface area contributed by atoms with Crippen molar-refractivity contribution in [2.45, 2.75) is 75.6 Å². The fourth-order valence-electron chi connectivity index (χ4n) is 5.98. The molecule has 3 aliphatic heterocycles. The molecule has 4 aliphatic rings. The number of hydrogen-bond donors (Lipinski definition) is 2. The van der Waals surface area contributed by atoms with Gasteiger partial charge in [-0.1, -0.05) is 30.7 Å². The van der Waals surface area contributed by atoms with Gasteiger partial charge in [0.05, 0.1) is 23.5 Å². The SMILES string of the molecule is O=C1CCC(N2Cc3nc(C4(O)CCN(Cc5cccc(C6CCC6)c5)CC4)ccc3C2=O)C(=O)N1. The van der Waals surface area contributed by atoms with Gasteiger partial charge in [0.2, 0.25) is 11.8 Å². The third kappa shape index (κ3) is 4.22. The van der Waals surface area contributed by atoms with Crippen LogP contribution >= 0.6 is 0 Å². The monoisotopic (exact) mass is 488 g/mol. The molecule has 8 heteroatoms. The lowest BCUT2D eigenvalue weighted by atomic mass is 9.79. The number of fused-ring (bicyclic) bond motifs is 1. The molecule has 1 aliphatic carbocycles. The topological polar surface area (TPSA) is 103 Å². The highest BCUT2D eigenvalue weighted by atomic mass is 16.3. The molecular formula is C28H32N4O4. The Hall–Kier alpha value is -3.10. The number of nitrogens with zero attached hydrogens (tertiary/aromatic N) is 3. The van der Waals surface area contributed by atoms with E-state index in [1.165, 1.54) is 35.3 Å². The minimum atomic E-state index is -1.04. The maximum absolute atomic E-state index is 12.9. The molecule has 3 amide bonds. The molecule has 0 bridgehead atoms. The highest BCUT2D eigenvalue weighted by Gasteiger charge is 2.41. The Morgan fingerprint density at radius 1 is 1.06 bits per heavy atom. The van der Waals surface area contributed by atoms with Crippen molar-refractivity contribution in [3.63, 3.8) is 0 Å². The molecule has 36 heavy (non-hydrogen) atoms. The molecule has 2 N–H and O–H groups in total. The summed E-state index contributed by atoms with van der Waals surface area (Å²) < 4.78 is 0. The van der Waals surface area contributed by atoms with Crippen LogP contribution in [0.1, 0.15) is 83.7 Å². The maximum atomic E-state index is 12.9. The van der Waals surface area contributed by atoms with E-state index in [0.29, 0.717) is 36.2 Å². The molecule has 6 rings (SSSR count). The first-order valence-corrected chi connectivity index (χ1v) is 13.1. The molecule has 188 valence electrons. The summed E-state index contributed by atoms with van der Waals surface area (Å²) in [6.45, 7) is 2.63. The first-order chi connectivity index (χ1) is 17.4. The number of aliphatic hydroxyl groups is 1. The van der Waals surface area contributed by atoms with Gasteiger partial charge in [0.15, 0.2) is 0 Å². The zero-order chi connectivity index (χ0) is 24.9. The van der Waals surface area contributed by atoms with Crippen LogP contribution in [0.2, 0.25) is 0 Å². The maximum Gasteiger partial charge on any atom is 0.256 e. The third-order valence-electron chi connectivity index (χ3n) is 8.47. The van der Waals surface area contributed by atoms with Crippen LogP contribution in [0, 0.1) is 0 Å². The quantitative estimate of drug-likeness (QED) is 0.628. The second kappa shape index (κ2) is 9.09. The van der Waals surface area contributed by atoms with Crippen molar-refractivity contribution >= 4 is 17.7 Å². The number of carbonyl (C=O) groups excluding carboxylic acids is 3. The number of carbonyl (C=O) groups is 3. The fraction of sp³-hybridized carbons (Fsp3) is 0.500. The van der Waals surface area contributed by atoms with E-state index in [9.17, 15) is 19.5 Å². The van der Waals surface area contributed by atoms with E-state index in [2.05, 4.69) is 34.5 Å². The number of aromatic nitrogens is 1. The summed E-state index contributed by atoms with van der Waals surface area (Å²) in [5.41, 5.74) is 3.39. The second-order valence-corrected chi connectivity index (χ2v) is 10.8. The highest BCUT2D eigenvalue weighted by molar-refractivity contribution is 6.05. The standard InChI is InChI=1S/C28H32N4O4/c33-25-10-8-23(26(34)30-25)32-17-22-21(27(32)35)7-9-24(29-22)28(36)11-13-31(14-12-28)16-18-3-1-6-20(15-18)19-4-2-5-19/h1,3,6-7,9,15,19,23,36H,2,4-5,8,10-14,16-17H2,(H,30,33,34). The lowest BCUT2D eigenvalue weighted by molar-refractivity contribution is -0.136. The van der Waals surface area contributed by atoms with Crippen molar-refractivity contribution in [3.05, 3.63) is 64.5 Å². The van der Waals surface area contributed by atoms with Crippen molar-refractivity contribution < 1.29 is 19.5 Å². The van der Waals surface area contributed by atoms with Gasteiger partial charge in [-0.05, 0) is 61.3 Å². The van der Waals surface area contributed by atoms with Crippen LogP contribution < -0.4 is 5.32 Å². The molecule has 1 saturated carbocycles. The summed E-state index contributed by atoms with van der Waals surface area (Å²) in [7, 11) is 0. The molecule has 1 atom stereocenters. The van der Waals surface area contributed by atoms with Crippen LogP contribution in [0.15, 0.2) is 36.4 Å². The number of pyridine rings is 1. The summed E-state index contributed by atoms with van der Waals surface area (Å²) in [4.78, 5) is 45.3. The minimum absolute atomic E-state index is 0.216. The largest absolute Gasteiger partial charge is 0.383 e. The van der Waals surface area contributed by atoms with Crippen LogP contribution in [0.3, 0.4) is 0 Å². The Morgan fingerprint density at radius 2 is 1.86 bits per heavy atom. The van der Waals surface area contributed by atoms with Gasteiger partial charge < -0.3 is 10.0 Å². The van der Waals surface area contributed by atoms with Gasteiger partial charge >= 0.3 is 0 Å². The van der Waals surface area contributed by atoms with Crippen LogP contribution in [0.5, 0.6) is 0 Å². The molecule has 0 spiro atoms. The van der Waals surface area contributed by atoms with Gasteiger partial charge in [-0.3, -0.25) is 29.6 Å². The average molecular weight is 489 g/mol. The number of hydrogen-bond acceptors (Lipinski definition) is 6. The molecule has 1 unspecified atom stereocenters. The number of piperidine rings is 2. The van der Waals surface area contributed by atoms with Gasteiger partial charge in [-0.25, -0.2) is 0 Å². The summed E-state index contributed by atoms with van der Waals surface area (Å²) in [6, 6.07) is 11.8. The molecule has 0 radical (unpaired) electrons. The smallest absolute Gasteiger partial charge is 0.256 e. The first-order valence-electron chi connectivity index (χ1n) is 13.1. The number of benzene rings is 1. The number of amides is 3. The molecule has 1 aromatic heterocycles. The van der Waals surface area contributed by atoms with Gasteiger partial charge in [0.25, 0.3) is 5.91 Å². The van der Waals surface area contributed by atoms with Gasteiger partial charge in [-0.15, -0.1) is 0 Å². The Labute approximate surface area is 210 Å². The number of imide groups is 1. The van der Waals surface area contributed by atoms with E-state index >= 15 is 0 Å². The lowest BCUT2D eigenvalue weighted by Crippen LogP contribution is -2.52. The van der Waals surface area contributed by atoms with Crippen molar-refractivity contribution in [1.82, 2.24) is 20.1 Å². The fourth-order valence-corrected chi connectivity index (χ4v) is 5.98. The summed E-state index contributed by atoms with van der Waals surface area (Å²) in [5.74, 6) is -0.262. The molecule has 2 aromatic rings. The molecule has 1 aromatic carbocycles. The van der Waals surface area contributed by atoms with Crippen LogP contribution in [0.4, 0.5) is 0 Å². The zero-order valence-electron chi connectivity index (χ0n) is 20.4. The van der Waals surface area contributed by atoms with Crippen molar-refractivity contribution in [3.8, 4) is 0 Å².